The highest BCUT2D eigenvalue weighted by molar-refractivity contribution is 5.69. The normalized spacial score (nSPS) is 15.3. The minimum atomic E-state index is -0.718. The molecule has 0 aromatic heterocycles. The lowest BCUT2D eigenvalue weighted by molar-refractivity contribution is -0.139. The predicted octanol–water partition coefficient (Wildman–Crippen LogP) is 2.75. The Bertz CT molecular complexity index is 182. The van der Waals surface area contributed by atoms with Crippen molar-refractivity contribution in [2.75, 3.05) is 6.54 Å². The van der Waals surface area contributed by atoms with Crippen LogP contribution in [0.5, 0.6) is 0 Å². The van der Waals surface area contributed by atoms with Crippen LogP contribution in [0.4, 0.5) is 0 Å². The summed E-state index contributed by atoms with van der Waals surface area (Å²) in [6.07, 6.45) is 4.25. The van der Waals surface area contributed by atoms with Crippen molar-refractivity contribution < 1.29 is 9.90 Å². The number of rotatable bonds is 8. The zero-order chi connectivity index (χ0) is 11.8. The molecule has 2 unspecified atom stereocenters. The lowest BCUT2D eigenvalue weighted by atomic mass is 10.0. The third-order valence-corrected chi connectivity index (χ3v) is 3.04. The van der Waals surface area contributed by atoms with Crippen LogP contribution in [0.3, 0.4) is 0 Å². The van der Waals surface area contributed by atoms with Gasteiger partial charge in [0, 0.05) is 12.1 Å². The fraction of sp³-hybridized carbons (Fsp3) is 0.917. The topological polar surface area (TPSA) is 40.5 Å². The molecule has 0 radical (unpaired) electrons. The molecular formula is C12H25NO2. The van der Waals surface area contributed by atoms with Gasteiger partial charge in [0.15, 0.2) is 0 Å². The maximum absolute atomic E-state index is 10.8. The molecule has 0 aliphatic carbocycles. The smallest absolute Gasteiger partial charge is 0.317 e. The van der Waals surface area contributed by atoms with Crippen LogP contribution < -0.4 is 0 Å². The van der Waals surface area contributed by atoms with Crippen molar-refractivity contribution in [2.45, 2.75) is 65.5 Å². The molecule has 0 saturated carbocycles. The minimum absolute atomic E-state index is 0.174. The van der Waals surface area contributed by atoms with Crippen LogP contribution in [-0.2, 0) is 4.79 Å². The third-order valence-electron chi connectivity index (χ3n) is 3.04. The molecule has 0 aromatic rings. The zero-order valence-electron chi connectivity index (χ0n) is 10.5. The molecule has 2 atom stereocenters. The molecule has 3 heteroatoms. The molecule has 3 nitrogen and oxygen atoms in total. The highest BCUT2D eigenvalue weighted by Gasteiger charge is 2.22. The van der Waals surface area contributed by atoms with Crippen molar-refractivity contribution in [3.05, 3.63) is 0 Å². The van der Waals surface area contributed by atoms with Crippen LogP contribution >= 0.6 is 0 Å². The summed E-state index contributed by atoms with van der Waals surface area (Å²) in [7, 11) is 0. The van der Waals surface area contributed by atoms with Gasteiger partial charge in [-0.1, -0.05) is 27.2 Å². The van der Waals surface area contributed by atoms with Gasteiger partial charge in [0.25, 0.3) is 0 Å². The summed E-state index contributed by atoms with van der Waals surface area (Å²) < 4.78 is 0. The monoisotopic (exact) mass is 215 g/mol. The minimum Gasteiger partial charge on any atom is -0.480 e. The molecule has 0 bridgehead atoms. The van der Waals surface area contributed by atoms with Crippen molar-refractivity contribution in [2.24, 2.45) is 0 Å². The average molecular weight is 215 g/mol. The number of carboxylic acids is 1. The van der Waals surface area contributed by atoms with Crippen molar-refractivity contribution in [3.63, 3.8) is 0 Å². The zero-order valence-corrected chi connectivity index (χ0v) is 10.5. The van der Waals surface area contributed by atoms with Crippen LogP contribution in [0.25, 0.3) is 0 Å². The van der Waals surface area contributed by atoms with Crippen molar-refractivity contribution in [3.8, 4) is 0 Å². The van der Waals surface area contributed by atoms with E-state index in [4.69, 9.17) is 5.11 Å². The van der Waals surface area contributed by atoms with Crippen molar-refractivity contribution in [1.29, 1.82) is 0 Å². The second kappa shape index (κ2) is 7.69. The second-order valence-corrected chi connectivity index (χ2v) is 4.17. The van der Waals surface area contributed by atoms with Crippen molar-refractivity contribution in [1.82, 2.24) is 4.90 Å². The molecule has 0 saturated heterocycles. The Morgan fingerprint density at radius 2 is 1.87 bits per heavy atom. The first-order valence-electron chi connectivity index (χ1n) is 6.04. The average Bonchev–Trinajstić information content (AvgIpc) is 2.21. The number of aliphatic carboxylic acids is 1. The van der Waals surface area contributed by atoms with E-state index in [9.17, 15) is 4.79 Å². The van der Waals surface area contributed by atoms with E-state index in [-0.39, 0.29) is 6.54 Å². The molecule has 0 aliphatic heterocycles. The van der Waals surface area contributed by atoms with E-state index in [0.717, 1.165) is 25.7 Å². The lowest BCUT2D eigenvalue weighted by Crippen LogP contribution is -2.44. The van der Waals surface area contributed by atoms with Gasteiger partial charge in [-0.05, 0) is 26.2 Å². The van der Waals surface area contributed by atoms with Gasteiger partial charge >= 0.3 is 5.97 Å². The Hall–Kier alpha value is -0.570. The highest BCUT2D eigenvalue weighted by atomic mass is 16.4. The quantitative estimate of drug-likeness (QED) is 0.677. The Morgan fingerprint density at radius 3 is 2.20 bits per heavy atom. The van der Waals surface area contributed by atoms with E-state index < -0.39 is 5.97 Å². The summed E-state index contributed by atoms with van der Waals surface area (Å²) in [5.74, 6) is -0.718. The Labute approximate surface area is 93.5 Å². The van der Waals surface area contributed by atoms with E-state index in [0.29, 0.717) is 12.1 Å². The molecular weight excluding hydrogens is 190 g/mol. The SMILES string of the molecule is CCCC(CC)N(CC(=O)O)C(C)CC. The molecule has 90 valence electrons. The van der Waals surface area contributed by atoms with Crippen molar-refractivity contribution >= 4 is 5.97 Å². The fourth-order valence-corrected chi connectivity index (χ4v) is 1.97. The molecule has 0 heterocycles. The van der Waals surface area contributed by atoms with E-state index in [1.54, 1.807) is 0 Å². The molecule has 1 N–H and O–H groups in total. The summed E-state index contributed by atoms with van der Waals surface area (Å²) in [6.45, 7) is 8.68. The lowest BCUT2D eigenvalue weighted by Gasteiger charge is -2.34. The maximum Gasteiger partial charge on any atom is 0.317 e. The van der Waals surface area contributed by atoms with Crippen LogP contribution in [0.2, 0.25) is 0 Å². The van der Waals surface area contributed by atoms with Gasteiger partial charge in [0.1, 0.15) is 0 Å². The number of hydrogen-bond donors (Lipinski definition) is 1. The molecule has 0 aliphatic rings. The number of carbonyl (C=O) groups is 1. The Morgan fingerprint density at radius 1 is 1.27 bits per heavy atom. The summed E-state index contributed by atoms with van der Waals surface area (Å²) >= 11 is 0. The molecule has 0 spiro atoms. The van der Waals surface area contributed by atoms with E-state index in [1.807, 2.05) is 0 Å². The van der Waals surface area contributed by atoms with Gasteiger partial charge in [0.2, 0.25) is 0 Å². The second-order valence-electron chi connectivity index (χ2n) is 4.17. The fourth-order valence-electron chi connectivity index (χ4n) is 1.97. The van der Waals surface area contributed by atoms with Gasteiger partial charge in [-0.2, -0.15) is 0 Å². The summed E-state index contributed by atoms with van der Waals surface area (Å²) in [4.78, 5) is 12.9. The van der Waals surface area contributed by atoms with Crippen LogP contribution in [-0.4, -0.2) is 34.6 Å². The number of carboxylic acid groups (broad SMARTS) is 1. The molecule has 0 aromatic carbocycles. The van der Waals surface area contributed by atoms with Gasteiger partial charge in [-0.25, -0.2) is 0 Å². The van der Waals surface area contributed by atoms with E-state index >= 15 is 0 Å². The van der Waals surface area contributed by atoms with E-state index in [2.05, 4.69) is 32.6 Å². The molecule has 0 amide bonds. The van der Waals surface area contributed by atoms with Crippen LogP contribution in [0.15, 0.2) is 0 Å². The number of hydrogen-bond acceptors (Lipinski definition) is 2. The van der Waals surface area contributed by atoms with Gasteiger partial charge in [-0.3, -0.25) is 9.69 Å². The highest BCUT2D eigenvalue weighted by Crippen LogP contribution is 2.15. The number of nitrogens with zero attached hydrogens (tertiary/aromatic N) is 1. The van der Waals surface area contributed by atoms with Crippen LogP contribution in [0.1, 0.15) is 53.4 Å². The van der Waals surface area contributed by atoms with Gasteiger partial charge < -0.3 is 5.11 Å². The largest absolute Gasteiger partial charge is 0.480 e. The third kappa shape index (κ3) is 5.17. The predicted molar refractivity (Wildman–Crippen MR) is 63.1 cm³/mol. The molecule has 0 rings (SSSR count). The van der Waals surface area contributed by atoms with Gasteiger partial charge in [-0.15, -0.1) is 0 Å². The Kier molecular flexibility index (Phi) is 7.39. The van der Waals surface area contributed by atoms with E-state index in [1.165, 1.54) is 0 Å². The first kappa shape index (κ1) is 14.4. The standard InChI is InChI=1S/C12H25NO2/c1-5-8-11(7-3)13(9-12(14)15)10(4)6-2/h10-11H,5-9H2,1-4H3,(H,14,15). The maximum atomic E-state index is 10.8. The molecule has 15 heavy (non-hydrogen) atoms. The van der Waals surface area contributed by atoms with Gasteiger partial charge in [0.05, 0.1) is 6.54 Å². The van der Waals surface area contributed by atoms with Crippen LogP contribution in [0, 0.1) is 0 Å². The summed E-state index contributed by atoms with van der Waals surface area (Å²) in [5.41, 5.74) is 0. The summed E-state index contributed by atoms with van der Waals surface area (Å²) in [5, 5.41) is 8.90. The Balaban J connectivity index is 4.48. The molecule has 0 fully saturated rings. The summed E-state index contributed by atoms with van der Waals surface area (Å²) in [6, 6.07) is 0.777. The first-order chi connectivity index (χ1) is 7.06. The first-order valence-corrected chi connectivity index (χ1v) is 6.04.